The van der Waals surface area contributed by atoms with Crippen molar-refractivity contribution in [3.8, 4) is 5.75 Å². The first kappa shape index (κ1) is 12.9. The number of aliphatic carboxylic acids is 1. The number of rotatable bonds is 2. The van der Waals surface area contributed by atoms with E-state index in [1.165, 1.54) is 11.0 Å². The molecule has 2 unspecified atom stereocenters. The summed E-state index contributed by atoms with van der Waals surface area (Å²) in [5, 5.41) is 9.10. The second-order valence-electron chi connectivity index (χ2n) is 5.07. The van der Waals surface area contributed by atoms with E-state index in [9.17, 15) is 14.0 Å². The summed E-state index contributed by atoms with van der Waals surface area (Å²) < 4.78 is 18.9. The summed E-state index contributed by atoms with van der Waals surface area (Å²) >= 11 is 0. The van der Waals surface area contributed by atoms with Crippen LogP contribution in [0.5, 0.6) is 5.75 Å². The highest BCUT2D eigenvalue weighted by Gasteiger charge is 2.40. The van der Waals surface area contributed by atoms with Gasteiger partial charge in [-0.15, -0.1) is 0 Å². The van der Waals surface area contributed by atoms with Crippen LogP contribution in [-0.2, 0) is 16.0 Å². The average Bonchev–Trinajstić information content (AvgIpc) is 3.05. The fourth-order valence-electron chi connectivity index (χ4n) is 2.84. The Morgan fingerprint density at radius 3 is 2.90 bits per heavy atom. The van der Waals surface area contributed by atoms with Gasteiger partial charge in [0.1, 0.15) is 6.04 Å². The van der Waals surface area contributed by atoms with Gasteiger partial charge in [0.2, 0.25) is 0 Å². The van der Waals surface area contributed by atoms with Gasteiger partial charge < -0.3 is 14.7 Å². The number of carboxylic acids is 1. The number of ether oxygens (including phenoxy) is 1. The molecule has 1 fully saturated rings. The van der Waals surface area contributed by atoms with Crippen molar-refractivity contribution in [1.82, 2.24) is 4.90 Å². The Hall–Kier alpha value is -2.11. The van der Waals surface area contributed by atoms with Crippen molar-refractivity contribution in [2.75, 3.05) is 6.54 Å². The number of amides is 1. The van der Waals surface area contributed by atoms with Crippen LogP contribution in [0.25, 0.3) is 0 Å². The van der Waals surface area contributed by atoms with Crippen molar-refractivity contribution in [2.45, 2.75) is 31.4 Å². The molecule has 1 aromatic rings. The van der Waals surface area contributed by atoms with E-state index in [0.717, 1.165) is 0 Å². The second-order valence-corrected chi connectivity index (χ2v) is 5.07. The summed E-state index contributed by atoms with van der Waals surface area (Å²) in [6, 6.07) is 3.77. The lowest BCUT2D eigenvalue weighted by Crippen LogP contribution is -2.46. The molecule has 106 valence electrons. The third-order valence-electron chi connectivity index (χ3n) is 3.81. The summed E-state index contributed by atoms with van der Waals surface area (Å²) in [6.45, 7) is 0.411. The van der Waals surface area contributed by atoms with Crippen LogP contribution >= 0.6 is 0 Å². The molecule has 0 aromatic heterocycles. The first-order valence-corrected chi connectivity index (χ1v) is 6.55. The quantitative estimate of drug-likeness (QED) is 0.883. The second kappa shape index (κ2) is 4.77. The third kappa shape index (κ3) is 2.01. The average molecular weight is 279 g/mol. The van der Waals surface area contributed by atoms with Crippen LogP contribution in [0, 0.1) is 5.82 Å². The van der Waals surface area contributed by atoms with Crippen molar-refractivity contribution in [2.24, 2.45) is 0 Å². The smallest absolute Gasteiger partial charge is 0.326 e. The van der Waals surface area contributed by atoms with E-state index in [0.29, 0.717) is 24.9 Å². The Kier molecular flexibility index (Phi) is 3.08. The van der Waals surface area contributed by atoms with E-state index >= 15 is 0 Å². The van der Waals surface area contributed by atoms with E-state index in [1.807, 2.05) is 0 Å². The van der Waals surface area contributed by atoms with Crippen LogP contribution < -0.4 is 4.74 Å². The summed E-state index contributed by atoms with van der Waals surface area (Å²) in [7, 11) is 0. The molecule has 2 heterocycles. The highest BCUT2D eigenvalue weighted by Crippen LogP contribution is 2.33. The lowest BCUT2D eigenvalue weighted by atomic mass is 10.1. The molecule has 5 nitrogen and oxygen atoms in total. The van der Waals surface area contributed by atoms with E-state index < -0.39 is 23.9 Å². The monoisotopic (exact) mass is 279 g/mol. The first-order valence-electron chi connectivity index (χ1n) is 6.55. The predicted molar refractivity (Wildman–Crippen MR) is 66.9 cm³/mol. The number of benzene rings is 1. The molecular formula is C14H14FNO4. The molecule has 2 aliphatic heterocycles. The van der Waals surface area contributed by atoms with Crippen molar-refractivity contribution in [3.05, 3.63) is 29.6 Å². The minimum Gasteiger partial charge on any atom is -0.480 e. The van der Waals surface area contributed by atoms with Crippen molar-refractivity contribution >= 4 is 11.9 Å². The van der Waals surface area contributed by atoms with Gasteiger partial charge in [-0.25, -0.2) is 9.18 Å². The summed E-state index contributed by atoms with van der Waals surface area (Å²) in [6.07, 6.45) is 0.586. The zero-order chi connectivity index (χ0) is 14.3. The van der Waals surface area contributed by atoms with E-state index in [2.05, 4.69) is 0 Å². The number of hydrogen-bond donors (Lipinski definition) is 1. The molecule has 1 N–H and O–H groups in total. The minimum absolute atomic E-state index is 0.108. The Morgan fingerprint density at radius 1 is 1.40 bits per heavy atom. The van der Waals surface area contributed by atoms with Gasteiger partial charge in [0.05, 0.1) is 0 Å². The lowest BCUT2D eigenvalue weighted by Gasteiger charge is -2.24. The number of hydrogen-bond acceptors (Lipinski definition) is 3. The standard InChI is InChI=1S/C14H14FNO4/c15-9-4-1-3-8-7-11(20-12(8)9)13(17)16-6-2-5-10(16)14(18)19/h1,3-4,10-11H,2,5-7H2,(H,18,19). The van der Waals surface area contributed by atoms with Gasteiger partial charge in [-0.2, -0.15) is 0 Å². The minimum atomic E-state index is -1.00. The number of carboxylic acid groups (broad SMARTS) is 1. The van der Waals surface area contributed by atoms with E-state index in [1.54, 1.807) is 12.1 Å². The number of carbonyl (C=O) groups is 2. The summed E-state index contributed by atoms with van der Waals surface area (Å²) in [5.41, 5.74) is 0.648. The molecule has 3 rings (SSSR count). The largest absolute Gasteiger partial charge is 0.480 e. The maximum atomic E-state index is 13.6. The molecule has 1 saturated heterocycles. The van der Waals surface area contributed by atoms with Crippen LogP contribution in [0.2, 0.25) is 0 Å². The van der Waals surface area contributed by atoms with Crippen LogP contribution in [-0.4, -0.2) is 40.6 Å². The third-order valence-corrected chi connectivity index (χ3v) is 3.81. The molecule has 20 heavy (non-hydrogen) atoms. The van der Waals surface area contributed by atoms with Crippen LogP contribution in [0.15, 0.2) is 18.2 Å². The van der Waals surface area contributed by atoms with Crippen LogP contribution in [0.3, 0.4) is 0 Å². The summed E-state index contributed by atoms with van der Waals surface area (Å²) in [5.74, 6) is -1.76. The molecule has 0 bridgehead atoms. The number of nitrogens with zero attached hydrogens (tertiary/aromatic N) is 1. The van der Waals surface area contributed by atoms with Gasteiger partial charge in [-0.3, -0.25) is 4.79 Å². The molecule has 0 radical (unpaired) electrons. The Bertz CT molecular complexity index is 574. The van der Waals surface area contributed by atoms with E-state index in [4.69, 9.17) is 9.84 Å². The highest BCUT2D eigenvalue weighted by molar-refractivity contribution is 5.88. The number of halogens is 1. The van der Waals surface area contributed by atoms with Gasteiger partial charge in [0.15, 0.2) is 17.7 Å². The van der Waals surface area contributed by atoms with Crippen molar-refractivity contribution in [1.29, 1.82) is 0 Å². The zero-order valence-electron chi connectivity index (χ0n) is 10.7. The molecule has 0 spiro atoms. The normalized spacial score (nSPS) is 24.4. The number of fused-ring (bicyclic) bond motifs is 1. The number of carbonyl (C=O) groups excluding carboxylic acids is 1. The SMILES string of the molecule is O=C(O)C1CCCN1C(=O)C1Cc2cccc(F)c2O1. The molecule has 1 aromatic carbocycles. The van der Waals surface area contributed by atoms with Crippen LogP contribution in [0.1, 0.15) is 18.4 Å². The van der Waals surface area contributed by atoms with Gasteiger partial charge in [0, 0.05) is 18.5 Å². The molecule has 0 saturated carbocycles. The van der Waals surface area contributed by atoms with Gasteiger partial charge >= 0.3 is 5.97 Å². The van der Waals surface area contributed by atoms with Gasteiger partial charge in [0.25, 0.3) is 5.91 Å². The fraction of sp³-hybridized carbons (Fsp3) is 0.429. The number of para-hydroxylation sites is 1. The molecule has 0 aliphatic carbocycles. The van der Waals surface area contributed by atoms with Crippen molar-refractivity contribution < 1.29 is 23.8 Å². The first-order chi connectivity index (χ1) is 9.58. The summed E-state index contributed by atoms with van der Waals surface area (Å²) in [4.78, 5) is 24.8. The Morgan fingerprint density at radius 2 is 2.20 bits per heavy atom. The lowest BCUT2D eigenvalue weighted by molar-refractivity contribution is -0.150. The molecule has 1 amide bonds. The Balaban J connectivity index is 1.77. The molecular weight excluding hydrogens is 265 g/mol. The maximum Gasteiger partial charge on any atom is 0.326 e. The van der Waals surface area contributed by atoms with Crippen LogP contribution in [0.4, 0.5) is 4.39 Å². The number of likely N-dealkylation sites (tertiary alicyclic amines) is 1. The topological polar surface area (TPSA) is 66.8 Å². The molecule has 6 heteroatoms. The maximum absolute atomic E-state index is 13.6. The Labute approximate surface area is 114 Å². The predicted octanol–water partition coefficient (Wildman–Crippen LogP) is 1.20. The van der Waals surface area contributed by atoms with Gasteiger partial charge in [-0.1, -0.05) is 12.1 Å². The molecule has 2 atom stereocenters. The fourth-order valence-corrected chi connectivity index (χ4v) is 2.84. The zero-order valence-corrected chi connectivity index (χ0v) is 10.7. The van der Waals surface area contributed by atoms with Crippen molar-refractivity contribution in [3.63, 3.8) is 0 Å². The highest BCUT2D eigenvalue weighted by atomic mass is 19.1. The van der Waals surface area contributed by atoms with Gasteiger partial charge in [-0.05, 0) is 18.9 Å². The van der Waals surface area contributed by atoms with E-state index in [-0.39, 0.29) is 18.1 Å². The molecule has 2 aliphatic rings.